The van der Waals surface area contributed by atoms with Gasteiger partial charge in [-0.25, -0.2) is 0 Å². The Morgan fingerprint density at radius 1 is 1.31 bits per heavy atom. The summed E-state index contributed by atoms with van der Waals surface area (Å²) >= 11 is 0. The van der Waals surface area contributed by atoms with Crippen molar-refractivity contribution in [2.45, 2.75) is 12.0 Å². The first-order valence-electron chi connectivity index (χ1n) is 5.48. The maximum Gasteiger partial charge on any atom is 0.149 e. The molecule has 16 heavy (non-hydrogen) atoms. The van der Waals surface area contributed by atoms with E-state index in [4.69, 9.17) is 0 Å². The summed E-state index contributed by atoms with van der Waals surface area (Å²) < 4.78 is 0. The molecule has 2 nitrogen and oxygen atoms in total. The lowest BCUT2D eigenvalue weighted by atomic mass is 9.89. The van der Waals surface area contributed by atoms with E-state index in [0.29, 0.717) is 12.0 Å². The maximum atomic E-state index is 10.8. The van der Waals surface area contributed by atoms with Gasteiger partial charge in [-0.15, -0.1) is 0 Å². The molecule has 0 radical (unpaired) electrons. The molecule has 80 valence electrons. The van der Waals surface area contributed by atoms with Gasteiger partial charge in [0.2, 0.25) is 0 Å². The highest BCUT2D eigenvalue weighted by Crippen LogP contribution is 2.43. The second kappa shape index (κ2) is 3.34. The number of aldehydes is 1. The summed E-state index contributed by atoms with van der Waals surface area (Å²) in [4.78, 5) is 13.1. The monoisotopic (exact) mass is 211 g/mol. The lowest BCUT2D eigenvalue weighted by Crippen LogP contribution is -2.29. The Kier molecular flexibility index (Phi) is 1.96. The summed E-state index contributed by atoms with van der Waals surface area (Å²) in [6.07, 6.45) is 7.03. The van der Waals surface area contributed by atoms with Crippen LogP contribution in [0.25, 0.3) is 0 Å². The number of hydrogen-bond acceptors (Lipinski definition) is 2. The highest BCUT2D eigenvalue weighted by molar-refractivity contribution is 5.80. The van der Waals surface area contributed by atoms with Crippen LogP contribution in [0.4, 0.5) is 5.69 Å². The molecule has 0 bridgehead atoms. The minimum Gasteiger partial charge on any atom is -0.367 e. The highest BCUT2D eigenvalue weighted by atomic mass is 16.1. The Balaban J connectivity index is 2.13. The number of fused-ring (bicyclic) bond motifs is 3. The van der Waals surface area contributed by atoms with Crippen molar-refractivity contribution in [3.63, 3.8) is 0 Å². The second-order valence-corrected chi connectivity index (χ2v) is 4.33. The van der Waals surface area contributed by atoms with Gasteiger partial charge in [0.25, 0.3) is 0 Å². The molecule has 2 atom stereocenters. The van der Waals surface area contributed by atoms with Gasteiger partial charge in [-0.2, -0.15) is 0 Å². The summed E-state index contributed by atoms with van der Waals surface area (Å²) in [6.45, 7) is 0. The van der Waals surface area contributed by atoms with Crippen LogP contribution in [0.3, 0.4) is 0 Å². The molecule has 0 aromatic heterocycles. The molecule has 0 fully saturated rings. The van der Waals surface area contributed by atoms with E-state index in [1.165, 1.54) is 11.3 Å². The number of nitrogens with zero attached hydrogens (tertiary/aromatic N) is 1. The fourth-order valence-corrected chi connectivity index (χ4v) is 2.66. The number of likely N-dealkylation sites (N-methyl/N-ethyl adjacent to an activating group) is 1. The van der Waals surface area contributed by atoms with E-state index in [0.717, 1.165) is 11.9 Å². The van der Waals surface area contributed by atoms with Gasteiger partial charge in [-0.05, 0) is 11.6 Å². The van der Waals surface area contributed by atoms with E-state index < -0.39 is 0 Å². The number of anilines is 1. The van der Waals surface area contributed by atoms with Gasteiger partial charge in [-0.1, -0.05) is 36.4 Å². The van der Waals surface area contributed by atoms with Crippen molar-refractivity contribution >= 4 is 12.0 Å². The van der Waals surface area contributed by atoms with Crippen molar-refractivity contribution in [3.8, 4) is 0 Å². The summed E-state index contributed by atoms with van der Waals surface area (Å²) in [6, 6.07) is 8.76. The molecule has 0 amide bonds. The Hall–Kier alpha value is -1.83. The molecule has 1 aromatic carbocycles. The van der Waals surface area contributed by atoms with Crippen molar-refractivity contribution in [1.82, 2.24) is 0 Å². The molecule has 2 unspecified atom stereocenters. The molecule has 1 aromatic rings. The van der Waals surface area contributed by atoms with Crippen molar-refractivity contribution in [1.29, 1.82) is 0 Å². The van der Waals surface area contributed by atoms with Crippen molar-refractivity contribution < 1.29 is 4.79 Å². The summed E-state index contributed by atoms with van der Waals surface area (Å²) in [7, 11) is 2.10. The molecule has 3 rings (SSSR count). The third kappa shape index (κ3) is 1.16. The molecule has 0 saturated carbocycles. The number of para-hydroxylation sites is 1. The fraction of sp³-hybridized carbons (Fsp3) is 0.214. The fourth-order valence-electron chi connectivity index (χ4n) is 2.66. The minimum absolute atomic E-state index is 0.325. The first-order valence-corrected chi connectivity index (χ1v) is 5.48. The molecule has 1 aliphatic carbocycles. The summed E-state index contributed by atoms with van der Waals surface area (Å²) in [5.41, 5.74) is 3.37. The number of rotatable bonds is 1. The molecule has 0 spiro atoms. The molecule has 0 N–H and O–H groups in total. The lowest BCUT2D eigenvalue weighted by Gasteiger charge is -2.24. The van der Waals surface area contributed by atoms with Crippen LogP contribution < -0.4 is 4.90 Å². The zero-order chi connectivity index (χ0) is 11.1. The number of benzene rings is 1. The van der Waals surface area contributed by atoms with Gasteiger partial charge in [-0.3, -0.25) is 4.79 Å². The SMILES string of the molecule is CN1c2ccccc2C2C=C(C=O)C=CC21. The molecule has 2 aliphatic rings. The van der Waals surface area contributed by atoms with Gasteiger partial charge in [0.05, 0.1) is 6.04 Å². The predicted molar refractivity (Wildman–Crippen MR) is 64.7 cm³/mol. The largest absolute Gasteiger partial charge is 0.367 e. The highest BCUT2D eigenvalue weighted by Gasteiger charge is 2.34. The number of hydrogen-bond donors (Lipinski definition) is 0. The third-order valence-electron chi connectivity index (χ3n) is 3.48. The third-order valence-corrected chi connectivity index (χ3v) is 3.48. The van der Waals surface area contributed by atoms with Crippen LogP contribution in [0.2, 0.25) is 0 Å². The lowest BCUT2D eigenvalue weighted by molar-refractivity contribution is -0.104. The van der Waals surface area contributed by atoms with Gasteiger partial charge in [0.15, 0.2) is 0 Å². The second-order valence-electron chi connectivity index (χ2n) is 4.33. The predicted octanol–water partition coefficient (Wildman–Crippen LogP) is 2.28. The quantitative estimate of drug-likeness (QED) is 0.664. The average Bonchev–Trinajstić information content (AvgIpc) is 2.64. The van der Waals surface area contributed by atoms with E-state index in [9.17, 15) is 4.79 Å². The standard InChI is InChI=1S/C14H13NO/c1-15-13-5-3-2-4-11(13)12-8-10(9-16)6-7-14(12)15/h2-9,12,14H,1H3. The summed E-state index contributed by atoms with van der Waals surface area (Å²) in [5, 5.41) is 0. The van der Waals surface area contributed by atoms with Gasteiger partial charge in [0, 0.05) is 24.2 Å². The van der Waals surface area contributed by atoms with E-state index in [-0.39, 0.29) is 0 Å². The summed E-state index contributed by atoms with van der Waals surface area (Å²) in [5.74, 6) is 0.325. The van der Waals surface area contributed by atoms with Crippen LogP contribution >= 0.6 is 0 Å². The number of carbonyl (C=O) groups is 1. The van der Waals surface area contributed by atoms with Crippen molar-refractivity contribution in [2.24, 2.45) is 0 Å². The van der Waals surface area contributed by atoms with E-state index >= 15 is 0 Å². The van der Waals surface area contributed by atoms with Crippen LogP contribution in [0.15, 0.2) is 48.1 Å². The Labute approximate surface area is 94.9 Å². The van der Waals surface area contributed by atoms with Gasteiger partial charge >= 0.3 is 0 Å². The number of allylic oxidation sites excluding steroid dienone is 2. The first-order chi connectivity index (χ1) is 7.81. The molecule has 0 saturated heterocycles. The van der Waals surface area contributed by atoms with E-state index in [1.807, 2.05) is 6.08 Å². The zero-order valence-corrected chi connectivity index (χ0v) is 9.13. The molecule has 1 aliphatic heterocycles. The Morgan fingerprint density at radius 3 is 2.94 bits per heavy atom. The minimum atomic E-state index is 0.325. The molecular formula is C14H13NO. The van der Waals surface area contributed by atoms with Crippen LogP contribution in [0, 0.1) is 0 Å². The topological polar surface area (TPSA) is 20.3 Å². The number of carbonyl (C=O) groups excluding carboxylic acids is 1. The molecular weight excluding hydrogens is 198 g/mol. The van der Waals surface area contributed by atoms with Crippen LogP contribution in [0.1, 0.15) is 11.5 Å². The Bertz CT molecular complexity index is 501. The average molecular weight is 211 g/mol. The molecule has 2 heteroatoms. The normalized spacial score (nSPS) is 26.1. The van der Waals surface area contributed by atoms with Gasteiger partial charge < -0.3 is 4.90 Å². The Morgan fingerprint density at radius 2 is 2.12 bits per heavy atom. The first kappa shape index (κ1) is 9.40. The van der Waals surface area contributed by atoms with Crippen molar-refractivity contribution in [2.75, 3.05) is 11.9 Å². The van der Waals surface area contributed by atoms with E-state index in [1.54, 1.807) is 0 Å². The zero-order valence-electron chi connectivity index (χ0n) is 9.13. The van der Waals surface area contributed by atoms with E-state index in [2.05, 4.69) is 48.4 Å². The maximum absolute atomic E-state index is 10.8. The molecule has 1 heterocycles. The smallest absolute Gasteiger partial charge is 0.149 e. The van der Waals surface area contributed by atoms with Crippen LogP contribution in [-0.4, -0.2) is 19.4 Å². The van der Waals surface area contributed by atoms with Crippen molar-refractivity contribution in [3.05, 3.63) is 53.6 Å². The van der Waals surface area contributed by atoms with Gasteiger partial charge in [0.1, 0.15) is 6.29 Å². The van der Waals surface area contributed by atoms with Crippen LogP contribution in [0.5, 0.6) is 0 Å². The van der Waals surface area contributed by atoms with Crippen LogP contribution in [-0.2, 0) is 4.79 Å².